The summed E-state index contributed by atoms with van der Waals surface area (Å²) in [6, 6.07) is 6.37. The lowest BCUT2D eigenvalue weighted by atomic mass is 9.89. The molecule has 0 spiro atoms. The van der Waals surface area contributed by atoms with Crippen molar-refractivity contribution in [3.05, 3.63) is 34.3 Å². The molecule has 0 saturated heterocycles. The number of aryl methyl sites for hydroxylation is 1. The average molecular weight is 282 g/mol. The van der Waals surface area contributed by atoms with Crippen LogP contribution in [0.25, 0.3) is 0 Å². The van der Waals surface area contributed by atoms with E-state index in [1.807, 2.05) is 0 Å². The van der Waals surface area contributed by atoms with Crippen molar-refractivity contribution >= 4 is 11.6 Å². The van der Waals surface area contributed by atoms with Gasteiger partial charge in [-0.1, -0.05) is 37.6 Å². The van der Waals surface area contributed by atoms with Crippen LogP contribution in [0.5, 0.6) is 0 Å². The maximum absolute atomic E-state index is 6.31. The monoisotopic (exact) mass is 281 g/mol. The molecule has 0 heterocycles. The summed E-state index contributed by atoms with van der Waals surface area (Å²) < 4.78 is 0. The third-order valence-electron chi connectivity index (χ3n) is 3.68. The second-order valence-corrected chi connectivity index (χ2v) is 7.29. The topological polar surface area (TPSA) is 12.0 Å². The van der Waals surface area contributed by atoms with Gasteiger partial charge in [0.1, 0.15) is 0 Å². The van der Waals surface area contributed by atoms with Crippen LogP contribution in [0.2, 0.25) is 5.02 Å². The highest BCUT2D eigenvalue weighted by molar-refractivity contribution is 6.31. The molecule has 1 aromatic carbocycles. The summed E-state index contributed by atoms with van der Waals surface area (Å²) in [7, 11) is 0. The van der Waals surface area contributed by atoms with E-state index in [0.29, 0.717) is 11.8 Å². The van der Waals surface area contributed by atoms with Crippen LogP contribution >= 0.6 is 11.6 Å². The summed E-state index contributed by atoms with van der Waals surface area (Å²) in [4.78, 5) is 0. The van der Waals surface area contributed by atoms with Crippen LogP contribution in [0.15, 0.2) is 18.2 Å². The van der Waals surface area contributed by atoms with Crippen molar-refractivity contribution in [1.82, 2.24) is 5.32 Å². The van der Waals surface area contributed by atoms with Crippen LogP contribution in [0.3, 0.4) is 0 Å². The zero-order valence-corrected chi connectivity index (χ0v) is 13.9. The van der Waals surface area contributed by atoms with Crippen molar-refractivity contribution in [3.8, 4) is 0 Å². The molecule has 2 atom stereocenters. The summed E-state index contributed by atoms with van der Waals surface area (Å²) >= 11 is 6.31. The van der Waals surface area contributed by atoms with E-state index in [-0.39, 0.29) is 5.54 Å². The first-order chi connectivity index (χ1) is 8.69. The van der Waals surface area contributed by atoms with Gasteiger partial charge in [-0.05, 0) is 69.7 Å². The first kappa shape index (κ1) is 16.5. The highest BCUT2D eigenvalue weighted by Crippen LogP contribution is 2.24. The maximum Gasteiger partial charge on any atom is 0.0440 e. The molecule has 0 bridgehead atoms. The molecule has 1 N–H and O–H groups in total. The van der Waals surface area contributed by atoms with Gasteiger partial charge in [0, 0.05) is 10.6 Å². The molecule has 0 aliphatic carbocycles. The first-order valence-electron chi connectivity index (χ1n) is 7.19. The van der Waals surface area contributed by atoms with E-state index in [9.17, 15) is 0 Å². The lowest BCUT2D eigenvalue weighted by Crippen LogP contribution is -2.40. The van der Waals surface area contributed by atoms with E-state index in [4.69, 9.17) is 11.6 Å². The van der Waals surface area contributed by atoms with Gasteiger partial charge in [0.2, 0.25) is 0 Å². The molecule has 0 amide bonds. The second-order valence-electron chi connectivity index (χ2n) is 6.88. The van der Waals surface area contributed by atoms with Crippen LogP contribution < -0.4 is 5.32 Å². The van der Waals surface area contributed by atoms with Gasteiger partial charge in [-0.2, -0.15) is 0 Å². The van der Waals surface area contributed by atoms with E-state index < -0.39 is 0 Å². The second kappa shape index (κ2) is 6.76. The smallest absolute Gasteiger partial charge is 0.0440 e. The number of halogens is 1. The Labute approximate surface area is 123 Å². The SMILES string of the molecule is Cc1ccc(CC(C)C(C)CNC(C)(C)C)c(Cl)c1. The van der Waals surface area contributed by atoms with Crippen molar-refractivity contribution in [2.45, 2.75) is 53.5 Å². The molecule has 0 aliphatic heterocycles. The number of rotatable bonds is 5. The van der Waals surface area contributed by atoms with Crippen LogP contribution in [-0.4, -0.2) is 12.1 Å². The molecule has 0 saturated carbocycles. The van der Waals surface area contributed by atoms with E-state index in [2.05, 4.69) is 65.1 Å². The Morgan fingerprint density at radius 1 is 1.16 bits per heavy atom. The van der Waals surface area contributed by atoms with E-state index >= 15 is 0 Å². The molecule has 2 unspecified atom stereocenters. The van der Waals surface area contributed by atoms with Crippen molar-refractivity contribution in [1.29, 1.82) is 0 Å². The highest BCUT2D eigenvalue weighted by Gasteiger charge is 2.17. The third kappa shape index (κ3) is 5.97. The zero-order valence-electron chi connectivity index (χ0n) is 13.2. The van der Waals surface area contributed by atoms with Crippen LogP contribution in [0, 0.1) is 18.8 Å². The maximum atomic E-state index is 6.31. The predicted octanol–water partition coefficient (Wildman–Crippen LogP) is 4.85. The molecule has 0 fully saturated rings. The zero-order chi connectivity index (χ0) is 14.6. The Balaban J connectivity index is 2.56. The molecule has 108 valence electrons. The third-order valence-corrected chi connectivity index (χ3v) is 4.03. The normalized spacial score (nSPS) is 15.3. The molecule has 0 radical (unpaired) electrons. The van der Waals surface area contributed by atoms with Gasteiger partial charge in [0.05, 0.1) is 0 Å². The summed E-state index contributed by atoms with van der Waals surface area (Å²) in [5.74, 6) is 1.26. The summed E-state index contributed by atoms with van der Waals surface area (Å²) in [5, 5.41) is 4.48. The Kier molecular flexibility index (Phi) is 5.88. The largest absolute Gasteiger partial charge is 0.312 e. The minimum absolute atomic E-state index is 0.190. The summed E-state index contributed by atoms with van der Waals surface area (Å²) in [6.07, 6.45) is 1.05. The molecule has 1 rings (SSSR count). The Morgan fingerprint density at radius 3 is 2.32 bits per heavy atom. The van der Waals surface area contributed by atoms with Crippen LogP contribution in [0.4, 0.5) is 0 Å². The molecular weight excluding hydrogens is 254 g/mol. The van der Waals surface area contributed by atoms with Crippen molar-refractivity contribution < 1.29 is 0 Å². The van der Waals surface area contributed by atoms with Gasteiger partial charge >= 0.3 is 0 Å². The molecule has 1 nitrogen and oxygen atoms in total. The molecule has 19 heavy (non-hydrogen) atoms. The summed E-state index contributed by atoms with van der Waals surface area (Å²) in [5.41, 5.74) is 2.68. The molecular formula is C17H28ClN. The number of hydrogen-bond acceptors (Lipinski definition) is 1. The minimum atomic E-state index is 0.190. The average Bonchev–Trinajstić information content (AvgIpc) is 2.28. The van der Waals surface area contributed by atoms with Gasteiger partial charge in [-0.25, -0.2) is 0 Å². The van der Waals surface area contributed by atoms with Crippen LogP contribution in [0.1, 0.15) is 45.7 Å². The molecule has 2 heteroatoms. The predicted molar refractivity (Wildman–Crippen MR) is 86.0 cm³/mol. The fraction of sp³-hybridized carbons (Fsp3) is 0.647. The van der Waals surface area contributed by atoms with Gasteiger partial charge in [0.15, 0.2) is 0 Å². The van der Waals surface area contributed by atoms with E-state index in [1.54, 1.807) is 0 Å². The van der Waals surface area contributed by atoms with Crippen molar-refractivity contribution in [2.24, 2.45) is 11.8 Å². The molecule has 1 aromatic rings. The molecule has 0 aromatic heterocycles. The number of benzene rings is 1. The lowest BCUT2D eigenvalue weighted by molar-refractivity contribution is 0.317. The van der Waals surface area contributed by atoms with E-state index in [1.165, 1.54) is 11.1 Å². The standard InChI is InChI=1S/C17H28ClN/c1-12-7-8-15(16(18)9-12)10-13(2)14(3)11-19-17(4,5)6/h7-9,13-14,19H,10-11H2,1-6H3. The Morgan fingerprint density at radius 2 is 1.79 bits per heavy atom. The van der Waals surface area contributed by atoms with Gasteiger partial charge in [-0.3, -0.25) is 0 Å². The highest BCUT2D eigenvalue weighted by atomic mass is 35.5. The summed E-state index contributed by atoms with van der Waals surface area (Å²) in [6.45, 7) is 14.4. The van der Waals surface area contributed by atoms with Gasteiger partial charge in [-0.15, -0.1) is 0 Å². The van der Waals surface area contributed by atoms with Gasteiger partial charge < -0.3 is 5.32 Å². The van der Waals surface area contributed by atoms with E-state index in [0.717, 1.165) is 18.0 Å². The number of nitrogens with one attached hydrogen (secondary N) is 1. The van der Waals surface area contributed by atoms with Crippen LogP contribution in [-0.2, 0) is 6.42 Å². The Bertz CT molecular complexity index is 406. The lowest BCUT2D eigenvalue weighted by Gasteiger charge is -2.27. The fourth-order valence-corrected chi connectivity index (χ4v) is 2.35. The number of hydrogen-bond donors (Lipinski definition) is 1. The minimum Gasteiger partial charge on any atom is -0.312 e. The quantitative estimate of drug-likeness (QED) is 0.813. The fourth-order valence-electron chi connectivity index (χ4n) is 2.03. The van der Waals surface area contributed by atoms with Crippen molar-refractivity contribution in [3.63, 3.8) is 0 Å². The van der Waals surface area contributed by atoms with Crippen molar-refractivity contribution in [2.75, 3.05) is 6.54 Å². The first-order valence-corrected chi connectivity index (χ1v) is 7.57. The molecule has 0 aliphatic rings. The Hall–Kier alpha value is -0.530. The van der Waals surface area contributed by atoms with Gasteiger partial charge in [0.25, 0.3) is 0 Å².